The third-order valence-electron chi connectivity index (χ3n) is 6.82. The van der Waals surface area contributed by atoms with Crippen molar-refractivity contribution in [3.05, 3.63) is 83.0 Å². The molecule has 0 atom stereocenters. The molecule has 2 heterocycles. The second-order valence-corrected chi connectivity index (χ2v) is 9.52. The van der Waals surface area contributed by atoms with E-state index in [9.17, 15) is 0 Å². The second kappa shape index (κ2) is 10.0. The average molecular weight is 460 g/mol. The number of allylic oxidation sites excluding steroid dienone is 1. The number of aromatic nitrogens is 1. The van der Waals surface area contributed by atoms with Crippen LogP contribution < -0.4 is 0 Å². The molecule has 0 aliphatic carbocycles. The van der Waals surface area contributed by atoms with Gasteiger partial charge in [-0.05, 0) is 61.6 Å². The largest absolute Gasteiger partial charge is 0.372 e. The van der Waals surface area contributed by atoms with E-state index in [1.165, 1.54) is 29.7 Å². The molecule has 3 nitrogen and oxygen atoms in total. The van der Waals surface area contributed by atoms with Gasteiger partial charge in [-0.2, -0.15) is 0 Å². The summed E-state index contributed by atoms with van der Waals surface area (Å²) in [4.78, 5) is 9.77. The maximum atomic E-state index is 6.66. The molecule has 3 aromatic rings. The van der Waals surface area contributed by atoms with E-state index >= 15 is 0 Å². The minimum absolute atomic E-state index is 0.726. The predicted molar refractivity (Wildman–Crippen MR) is 143 cm³/mol. The van der Waals surface area contributed by atoms with Gasteiger partial charge in [-0.3, -0.25) is 0 Å². The highest BCUT2D eigenvalue weighted by molar-refractivity contribution is 6.35. The summed E-state index contributed by atoms with van der Waals surface area (Å²) >= 11 is 6.66. The van der Waals surface area contributed by atoms with E-state index in [0.29, 0.717) is 0 Å². The number of halogens is 1. The number of nitrogens with zero attached hydrogens (tertiary/aromatic N) is 3. The van der Waals surface area contributed by atoms with E-state index in [2.05, 4.69) is 80.1 Å². The zero-order valence-corrected chi connectivity index (χ0v) is 20.9. The Morgan fingerprint density at radius 1 is 0.939 bits per heavy atom. The van der Waals surface area contributed by atoms with Crippen LogP contribution in [0.25, 0.3) is 27.9 Å². The monoisotopic (exact) mass is 459 g/mol. The summed E-state index contributed by atoms with van der Waals surface area (Å²) in [6.45, 7) is 19.1. The molecule has 0 amide bonds. The van der Waals surface area contributed by atoms with Crippen molar-refractivity contribution >= 4 is 28.2 Å². The van der Waals surface area contributed by atoms with Crippen LogP contribution in [0.4, 0.5) is 0 Å². The van der Waals surface area contributed by atoms with Crippen LogP contribution in [0.5, 0.6) is 0 Å². The quantitative estimate of drug-likeness (QED) is 0.365. The Bertz CT molecular complexity index is 1190. The molecular formula is C29H34ClN3. The maximum absolute atomic E-state index is 6.66. The molecule has 4 heteroatoms. The van der Waals surface area contributed by atoms with Crippen LogP contribution in [0.15, 0.2) is 61.3 Å². The van der Waals surface area contributed by atoms with Crippen molar-refractivity contribution in [2.45, 2.75) is 40.0 Å². The van der Waals surface area contributed by atoms with Gasteiger partial charge in [-0.15, -0.1) is 0 Å². The van der Waals surface area contributed by atoms with Crippen LogP contribution in [-0.4, -0.2) is 41.0 Å². The van der Waals surface area contributed by atoms with Gasteiger partial charge in [-0.25, -0.2) is 4.98 Å². The van der Waals surface area contributed by atoms with Gasteiger partial charge in [0.15, 0.2) is 0 Å². The summed E-state index contributed by atoms with van der Waals surface area (Å²) in [5.74, 6) is 0. The molecule has 1 aliphatic rings. The first-order valence-electron chi connectivity index (χ1n) is 11.9. The number of hydrogen-bond acceptors (Lipinski definition) is 3. The molecule has 0 unspecified atom stereocenters. The van der Waals surface area contributed by atoms with Crippen LogP contribution >= 0.6 is 11.6 Å². The highest BCUT2D eigenvalue weighted by Crippen LogP contribution is 2.31. The van der Waals surface area contributed by atoms with Crippen molar-refractivity contribution in [3.63, 3.8) is 0 Å². The SMILES string of the molecule is C=C(CCCC)N1CCN(C(=C)c2ccc3c(Cl)cc(-c4ccc(C)c(C)c4)nc3c2)CC1. The molecule has 1 fully saturated rings. The normalized spacial score (nSPS) is 14.1. The fraction of sp³-hybridized carbons (Fsp3) is 0.345. The third-order valence-corrected chi connectivity index (χ3v) is 7.14. The van der Waals surface area contributed by atoms with Crippen LogP contribution in [0.3, 0.4) is 0 Å². The Morgan fingerprint density at radius 3 is 2.36 bits per heavy atom. The fourth-order valence-corrected chi connectivity index (χ4v) is 4.69. The number of unbranched alkanes of at least 4 members (excludes halogenated alkanes) is 1. The van der Waals surface area contributed by atoms with Crippen LogP contribution in [-0.2, 0) is 0 Å². The molecule has 0 radical (unpaired) electrons. The molecule has 1 aliphatic heterocycles. The summed E-state index contributed by atoms with van der Waals surface area (Å²) < 4.78 is 0. The van der Waals surface area contributed by atoms with E-state index in [1.54, 1.807) is 0 Å². The van der Waals surface area contributed by atoms with E-state index in [4.69, 9.17) is 16.6 Å². The molecule has 0 saturated carbocycles. The summed E-state index contributed by atoms with van der Waals surface area (Å²) in [6, 6.07) is 14.7. The Kier molecular flexibility index (Phi) is 7.09. The van der Waals surface area contributed by atoms with E-state index in [1.807, 2.05) is 6.07 Å². The van der Waals surface area contributed by atoms with Crippen molar-refractivity contribution in [2.24, 2.45) is 0 Å². The number of rotatable bonds is 7. The molecule has 33 heavy (non-hydrogen) atoms. The molecule has 2 aromatic carbocycles. The Balaban J connectivity index is 1.54. The Morgan fingerprint density at radius 2 is 1.67 bits per heavy atom. The van der Waals surface area contributed by atoms with Crippen molar-refractivity contribution in [2.75, 3.05) is 26.2 Å². The minimum atomic E-state index is 0.726. The van der Waals surface area contributed by atoms with Crippen molar-refractivity contribution in [1.82, 2.24) is 14.8 Å². The van der Waals surface area contributed by atoms with Gasteiger partial charge in [0, 0.05) is 48.5 Å². The van der Waals surface area contributed by atoms with Crippen LogP contribution in [0.1, 0.15) is 42.9 Å². The smallest absolute Gasteiger partial charge is 0.0731 e. The number of piperazine rings is 1. The van der Waals surface area contributed by atoms with Gasteiger partial charge in [-0.1, -0.05) is 62.4 Å². The number of pyridine rings is 1. The Hall–Kier alpha value is -2.78. The lowest BCUT2D eigenvalue weighted by Crippen LogP contribution is -2.44. The lowest BCUT2D eigenvalue weighted by Gasteiger charge is -2.39. The van der Waals surface area contributed by atoms with Gasteiger partial charge in [0.2, 0.25) is 0 Å². The van der Waals surface area contributed by atoms with Gasteiger partial charge in [0.1, 0.15) is 0 Å². The topological polar surface area (TPSA) is 19.4 Å². The molecule has 1 saturated heterocycles. The lowest BCUT2D eigenvalue weighted by molar-refractivity contribution is 0.209. The first-order valence-corrected chi connectivity index (χ1v) is 12.3. The van der Waals surface area contributed by atoms with E-state index in [-0.39, 0.29) is 0 Å². The summed E-state index contributed by atoms with van der Waals surface area (Å²) in [5.41, 5.74) is 8.84. The van der Waals surface area contributed by atoms with Gasteiger partial charge in [0.25, 0.3) is 0 Å². The molecular weight excluding hydrogens is 426 g/mol. The van der Waals surface area contributed by atoms with Gasteiger partial charge >= 0.3 is 0 Å². The van der Waals surface area contributed by atoms with E-state index in [0.717, 1.165) is 71.0 Å². The molecule has 1 aromatic heterocycles. The predicted octanol–water partition coefficient (Wildman–Crippen LogP) is 7.46. The third kappa shape index (κ3) is 5.09. The summed E-state index contributed by atoms with van der Waals surface area (Å²) in [5, 5.41) is 1.70. The lowest BCUT2D eigenvalue weighted by atomic mass is 10.0. The van der Waals surface area contributed by atoms with E-state index < -0.39 is 0 Å². The number of fused-ring (bicyclic) bond motifs is 1. The fourth-order valence-electron chi connectivity index (χ4n) is 4.43. The molecule has 0 spiro atoms. The minimum Gasteiger partial charge on any atom is -0.372 e. The Labute approximate surface area is 203 Å². The van der Waals surface area contributed by atoms with Crippen molar-refractivity contribution in [3.8, 4) is 11.3 Å². The van der Waals surface area contributed by atoms with Crippen LogP contribution in [0.2, 0.25) is 5.02 Å². The first-order chi connectivity index (χ1) is 15.9. The summed E-state index contributed by atoms with van der Waals surface area (Å²) in [7, 11) is 0. The molecule has 172 valence electrons. The zero-order valence-electron chi connectivity index (χ0n) is 20.1. The number of aryl methyl sites for hydroxylation is 2. The van der Waals surface area contributed by atoms with Crippen LogP contribution in [0, 0.1) is 13.8 Å². The highest BCUT2D eigenvalue weighted by Gasteiger charge is 2.20. The second-order valence-electron chi connectivity index (χ2n) is 9.11. The first kappa shape index (κ1) is 23.4. The van der Waals surface area contributed by atoms with Crippen molar-refractivity contribution in [1.29, 1.82) is 0 Å². The molecule has 4 rings (SSSR count). The molecule has 0 N–H and O–H groups in total. The number of benzene rings is 2. The van der Waals surface area contributed by atoms with Gasteiger partial charge < -0.3 is 9.80 Å². The highest BCUT2D eigenvalue weighted by atomic mass is 35.5. The summed E-state index contributed by atoms with van der Waals surface area (Å²) in [6.07, 6.45) is 3.51. The average Bonchev–Trinajstić information content (AvgIpc) is 2.83. The van der Waals surface area contributed by atoms with Crippen molar-refractivity contribution < 1.29 is 0 Å². The maximum Gasteiger partial charge on any atom is 0.0731 e. The molecule has 0 bridgehead atoms. The number of hydrogen-bond donors (Lipinski definition) is 0. The zero-order chi connectivity index (χ0) is 23.5. The standard InChI is InChI=1S/C29H34ClN3/c1-6-7-8-22(4)32-13-15-33(16-14-32)23(5)24-11-12-26-27(30)19-28(31-29(26)18-24)25-10-9-20(2)21(3)17-25/h9-12,17-19H,4-8,13-16H2,1-3H3. The van der Waals surface area contributed by atoms with Gasteiger partial charge in [0.05, 0.1) is 16.2 Å².